The van der Waals surface area contributed by atoms with Gasteiger partial charge in [-0.3, -0.25) is 19.7 Å². The van der Waals surface area contributed by atoms with Crippen molar-refractivity contribution >= 4 is 45.6 Å². The van der Waals surface area contributed by atoms with Crippen molar-refractivity contribution in [3.05, 3.63) is 57.2 Å². The first-order chi connectivity index (χ1) is 12.3. The first-order valence-electron chi connectivity index (χ1n) is 7.70. The highest BCUT2D eigenvalue weighted by Gasteiger charge is 2.16. The second-order valence-corrected chi connectivity index (χ2v) is 6.23. The first kappa shape index (κ1) is 17.7. The lowest BCUT2D eigenvalue weighted by Crippen LogP contribution is -2.31. The number of carbonyl (C=O) groups is 1. The third-order valence-electron chi connectivity index (χ3n) is 4.21. The number of amides is 2. The molecule has 0 spiro atoms. The normalized spacial score (nSPS) is 10.8. The molecule has 3 aromatic rings. The molecule has 0 aliphatic carbocycles. The predicted octanol–water partition coefficient (Wildman–Crippen LogP) is 4.11. The maximum Gasteiger partial charge on any atom is 0.326 e. The number of hydrogen-bond acceptors (Lipinski definition) is 4. The lowest BCUT2D eigenvalue weighted by molar-refractivity contribution is -0.384. The van der Waals surface area contributed by atoms with Crippen LogP contribution in [0.2, 0.25) is 5.02 Å². The Morgan fingerprint density at radius 1 is 1.31 bits per heavy atom. The van der Waals surface area contributed by atoms with Gasteiger partial charge in [0, 0.05) is 43.0 Å². The summed E-state index contributed by atoms with van der Waals surface area (Å²) >= 11 is 6.02. The molecule has 0 saturated heterocycles. The second kappa shape index (κ2) is 6.64. The molecule has 0 unspecified atom stereocenters. The zero-order valence-electron chi connectivity index (χ0n) is 14.4. The molecule has 134 valence electrons. The highest BCUT2D eigenvalue weighted by molar-refractivity contribution is 6.34. The maximum atomic E-state index is 12.5. The molecule has 3 rings (SSSR count). The van der Waals surface area contributed by atoms with Gasteiger partial charge < -0.3 is 5.32 Å². The van der Waals surface area contributed by atoms with Gasteiger partial charge in [-0.1, -0.05) is 11.6 Å². The number of nitro benzene ring substituents is 1. The van der Waals surface area contributed by atoms with Crippen LogP contribution in [-0.2, 0) is 7.05 Å². The minimum atomic E-state index is -0.548. The summed E-state index contributed by atoms with van der Waals surface area (Å²) in [4.78, 5) is 24.1. The van der Waals surface area contributed by atoms with Crippen LogP contribution in [-0.4, -0.2) is 27.8 Å². The minimum absolute atomic E-state index is 0.0942. The van der Waals surface area contributed by atoms with Crippen LogP contribution >= 0.6 is 11.6 Å². The number of hydrogen-bond donors (Lipinski definition) is 1. The van der Waals surface area contributed by atoms with Crippen molar-refractivity contribution in [3.63, 3.8) is 0 Å². The Hall–Kier alpha value is -3.13. The molecule has 9 heteroatoms. The zero-order chi connectivity index (χ0) is 19.0. The number of carbonyl (C=O) groups excluding carboxylic acids is 1. The van der Waals surface area contributed by atoms with Crippen molar-refractivity contribution in [3.8, 4) is 0 Å². The van der Waals surface area contributed by atoms with Crippen LogP contribution in [0, 0.1) is 17.0 Å². The molecule has 0 radical (unpaired) electrons. The third-order valence-corrected chi connectivity index (χ3v) is 4.52. The van der Waals surface area contributed by atoms with Crippen molar-refractivity contribution in [2.45, 2.75) is 6.92 Å². The summed E-state index contributed by atoms with van der Waals surface area (Å²) in [5, 5.41) is 18.9. The maximum absolute atomic E-state index is 12.5. The number of halogens is 1. The van der Waals surface area contributed by atoms with E-state index >= 15 is 0 Å². The standard InChI is InChI=1S/C17H16ClN5O3/c1-10-13-6-4-11(9-16(13)20-22(10)3)21(2)17(24)19-15-7-5-12(23(25)26)8-14(15)18/h4-9H,1-3H3,(H,19,24). The summed E-state index contributed by atoms with van der Waals surface area (Å²) in [6.45, 7) is 1.97. The molecule has 0 atom stereocenters. The van der Waals surface area contributed by atoms with Crippen molar-refractivity contribution in [2.75, 3.05) is 17.3 Å². The minimum Gasteiger partial charge on any atom is -0.306 e. The Bertz CT molecular complexity index is 1030. The van der Waals surface area contributed by atoms with E-state index in [9.17, 15) is 14.9 Å². The lowest BCUT2D eigenvalue weighted by atomic mass is 10.2. The first-order valence-corrected chi connectivity index (χ1v) is 8.07. The Morgan fingerprint density at radius 2 is 2.04 bits per heavy atom. The molecule has 2 amide bonds. The molecule has 8 nitrogen and oxygen atoms in total. The third kappa shape index (κ3) is 3.18. The van der Waals surface area contributed by atoms with E-state index in [1.807, 2.05) is 32.2 Å². The van der Waals surface area contributed by atoms with E-state index in [-0.39, 0.29) is 10.7 Å². The van der Waals surface area contributed by atoms with E-state index in [1.54, 1.807) is 11.7 Å². The SMILES string of the molecule is Cc1c2ccc(N(C)C(=O)Nc3ccc([N+](=O)[O-])cc3Cl)cc2nn1C. The number of nitrogens with zero attached hydrogens (tertiary/aromatic N) is 4. The summed E-state index contributed by atoms with van der Waals surface area (Å²) in [7, 11) is 3.48. The van der Waals surface area contributed by atoms with Gasteiger partial charge in [-0.05, 0) is 31.2 Å². The summed E-state index contributed by atoms with van der Waals surface area (Å²) < 4.78 is 1.78. The molecular formula is C17H16ClN5O3. The summed E-state index contributed by atoms with van der Waals surface area (Å²) in [5.41, 5.74) is 2.64. The van der Waals surface area contributed by atoms with E-state index in [0.29, 0.717) is 11.4 Å². The van der Waals surface area contributed by atoms with Crippen LogP contribution in [0.15, 0.2) is 36.4 Å². The number of rotatable bonds is 3. The quantitative estimate of drug-likeness (QED) is 0.552. The fraction of sp³-hybridized carbons (Fsp3) is 0.176. The lowest BCUT2D eigenvalue weighted by Gasteiger charge is -2.18. The van der Waals surface area contributed by atoms with Gasteiger partial charge in [0.05, 0.1) is 21.2 Å². The number of aromatic nitrogens is 2. The smallest absolute Gasteiger partial charge is 0.306 e. The van der Waals surface area contributed by atoms with Gasteiger partial charge in [-0.2, -0.15) is 5.10 Å². The molecule has 0 saturated carbocycles. The number of urea groups is 1. The Labute approximate surface area is 154 Å². The number of benzene rings is 2. The molecule has 26 heavy (non-hydrogen) atoms. The molecule has 2 aromatic carbocycles. The zero-order valence-corrected chi connectivity index (χ0v) is 15.1. The highest BCUT2D eigenvalue weighted by Crippen LogP contribution is 2.28. The Balaban J connectivity index is 1.82. The number of nitro groups is 1. The number of non-ortho nitro benzene ring substituents is 1. The van der Waals surface area contributed by atoms with Crippen molar-refractivity contribution in [1.29, 1.82) is 0 Å². The molecule has 1 N–H and O–H groups in total. The summed E-state index contributed by atoms with van der Waals surface area (Å²) in [5.74, 6) is 0. The van der Waals surface area contributed by atoms with Crippen molar-refractivity contribution in [1.82, 2.24) is 9.78 Å². The average Bonchev–Trinajstić information content (AvgIpc) is 2.89. The van der Waals surface area contributed by atoms with Gasteiger partial charge in [0.15, 0.2) is 0 Å². The van der Waals surface area contributed by atoms with Gasteiger partial charge in [0.25, 0.3) is 5.69 Å². The molecule has 0 fully saturated rings. The van der Waals surface area contributed by atoms with Crippen molar-refractivity contribution in [2.24, 2.45) is 7.05 Å². The van der Waals surface area contributed by atoms with Crippen LogP contribution in [0.1, 0.15) is 5.69 Å². The number of aryl methyl sites for hydroxylation is 2. The second-order valence-electron chi connectivity index (χ2n) is 5.82. The van der Waals surface area contributed by atoms with Gasteiger partial charge >= 0.3 is 6.03 Å². The topological polar surface area (TPSA) is 93.3 Å². The molecule has 1 aromatic heterocycles. The van der Waals surface area contributed by atoms with E-state index in [2.05, 4.69) is 10.4 Å². The molecule has 1 heterocycles. The summed E-state index contributed by atoms with van der Waals surface area (Å²) in [6.07, 6.45) is 0. The largest absolute Gasteiger partial charge is 0.326 e. The number of fused-ring (bicyclic) bond motifs is 1. The van der Waals surface area contributed by atoms with Crippen LogP contribution in [0.4, 0.5) is 21.9 Å². The van der Waals surface area contributed by atoms with Gasteiger partial charge in [0.2, 0.25) is 0 Å². The number of anilines is 2. The predicted molar refractivity (Wildman–Crippen MR) is 101 cm³/mol. The molecule has 0 aliphatic heterocycles. The van der Waals surface area contributed by atoms with Crippen molar-refractivity contribution < 1.29 is 9.72 Å². The van der Waals surface area contributed by atoms with E-state index in [4.69, 9.17) is 11.6 Å². The summed E-state index contributed by atoms with van der Waals surface area (Å²) in [6, 6.07) is 9.01. The van der Waals surface area contributed by atoms with Crippen LogP contribution < -0.4 is 10.2 Å². The number of nitrogens with one attached hydrogen (secondary N) is 1. The van der Waals surface area contributed by atoms with E-state index in [1.165, 1.54) is 23.1 Å². The Kier molecular flexibility index (Phi) is 4.52. The van der Waals surface area contributed by atoms with Crippen LogP contribution in [0.25, 0.3) is 10.9 Å². The average molecular weight is 374 g/mol. The fourth-order valence-electron chi connectivity index (χ4n) is 2.56. The fourth-order valence-corrected chi connectivity index (χ4v) is 2.79. The molecule has 0 bridgehead atoms. The van der Waals surface area contributed by atoms with Gasteiger partial charge in [0.1, 0.15) is 0 Å². The molecule has 0 aliphatic rings. The van der Waals surface area contributed by atoms with Crippen LogP contribution in [0.5, 0.6) is 0 Å². The van der Waals surface area contributed by atoms with Crippen LogP contribution in [0.3, 0.4) is 0 Å². The van der Waals surface area contributed by atoms with E-state index < -0.39 is 11.0 Å². The van der Waals surface area contributed by atoms with E-state index in [0.717, 1.165) is 16.6 Å². The molecular weight excluding hydrogens is 358 g/mol. The Morgan fingerprint density at radius 3 is 2.69 bits per heavy atom. The van der Waals surface area contributed by atoms with Gasteiger partial charge in [-0.15, -0.1) is 0 Å². The van der Waals surface area contributed by atoms with Gasteiger partial charge in [-0.25, -0.2) is 4.79 Å². The highest BCUT2D eigenvalue weighted by atomic mass is 35.5. The monoisotopic (exact) mass is 373 g/mol.